The zero-order valence-electron chi connectivity index (χ0n) is 14.3. The molecule has 0 atom stereocenters. The van der Waals surface area contributed by atoms with Crippen LogP contribution in [-0.4, -0.2) is 8.42 Å². The van der Waals surface area contributed by atoms with Crippen molar-refractivity contribution >= 4 is 9.84 Å². The number of nitrogens with zero attached hydrogens (tertiary/aromatic N) is 1. The van der Waals surface area contributed by atoms with E-state index in [2.05, 4.69) is 0 Å². The van der Waals surface area contributed by atoms with Crippen LogP contribution in [0.2, 0.25) is 0 Å². The Balaban J connectivity index is 2.29. The highest BCUT2D eigenvalue weighted by molar-refractivity contribution is 7.94. The number of benzene rings is 3. The Morgan fingerprint density at radius 2 is 1.54 bits per heavy atom. The van der Waals surface area contributed by atoms with Crippen molar-refractivity contribution in [3.05, 3.63) is 89.8 Å². The Morgan fingerprint density at radius 3 is 2.27 bits per heavy atom. The maximum absolute atomic E-state index is 12.7. The molecule has 0 N–H and O–H groups in total. The van der Waals surface area contributed by atoms with Crippen molar-refractivity contribution in [3.8, 4) is 28.3 Å². The largest absolute Gasteiger partial charge is 0.219 e. The second-order valence-electron chi connectivity index (χ2n) is 5.89. The fraction of sp³-hybridized carbons (Fsp3) is 0.0455. The van der Waals surface area contributed by atoms with Crippen LogP contribution < -0.4 is 0 Å². The molecule has 26 heavy (non-hydrogen) atoms. The molecule has 0 aliphatic carbocycles. The number of allylic oxidation sites excluding steroid dienone is 1. The summed E-state index contributed by atoms with van der Waals surface area (Å²) in [4.78, 5) is 0.189. The fourth-order valence-electron chi connectivity index (χ4n) is 2.88. The van der Waals surface area contributed by atoms with E-state index in [1.54, 1.807) is 24.3 Å². The third-order valence-corrected chi connectivity index (χ3v) is 5.53. The molecule has 0 saturated carbocycles. The Labute approximate surface area is 153 Å². The lowest BCUT2D eigenvalue weighted by atomic mass is 9.93. The predicted octanol–water partition coefficient (Wildman–Crippen LogP) is 5.14. The molecule has 4 heteroatoms. The molecule has 0 radical (unpaired) electrons. The van der Waals surface area contributed by atoms with Crippen molar-refractivity contribution in [2.75, 3.05) is 0 Å². The average Bonchev–Trinajstić information content (AvgIpc) is 2.67. The summed E-state index contributed by atoms with van der Waals surface area (Å²) in [7, 11) is -3.72. The summed E-state index contributed by atoms with van der Waals surface area (Å²) >= 11 is 0. The standard InChI is InChI=1S/C22H17NO2S/c1-17-12-13-19(18-8-3-2-4-9-18)21(16-17)20-10-5-6-11-22(20)26(24,25)15-7-14-23/h2-13,15-16H,1H3. The van der Waals surface area contributed by atoms with Crippen LogP contribution in [-0.2, 0) is 9.84 Å². The minimum atomic E-state index is -3.72. The topological polar surface area (TPSA) is 57.9 Å². The molecule has 0 unspecified atom stereocenters. The zero-order valence-corrected chi connectivity index (χ0v) is 15.1. The summed E-state index contributed by atoms with van der Waals surface area (Å²) < 4.78 is 25.4. The second-order valence-corrected chi connectivity index (χ2v) is 7.69. The molecule has 3 aromatic carbocycles. The lowest BCUT2D eigenvalue weighted by Crippen LogP contribution is -2.00. The third-order valence-electron chi connectivity index (χ3n) is 4.07. The molecule has 3 rings (SSSR count). The van der Waals surface area contributed by atoms with E-state index in [-0.39, 0.29) is 4.90 Å². The SMILES string of the molecule is Cc1ccc(-c2ccccc2)c(-c2ccccc2S(=O)(=O)C=CC#N)c1. The van der Waals surface area contributed by atoms with Crippen molar-refractivity contribution in [2.24, 2.45) is 0 Å². The first kappa shape index (κ1) is 17.7. The van der Waals surface area contributed by atoms with Gasteiger partial charge in [0.1, 0.15) is 0 Å². The lowest BCUT2D eigenvalue weighted by molar-refractivity contribution is 0.605. The molecule has 3 aromatic rings. The van der Waals surface area contributed by atoms with E-state index in [0.29, 0.717) is 5.56 Å². The van der Waals surface area contributed by atoms with Gasteiger partial charge in [0, 0.05) is 17.0 Å². The number of nitriles is 1. The summed E-state index contributed by atoms with van der Waals surface area (Å²) in [6, 6.07) is 24.5. The van der Waals surface area contributed by atoms with E-state index in [0.717, 1.165) is 33.7 Å². The number of hydrogen-bond acceptors (Lipinski definition) is 3. The number of sulfone groups is 1. The Morgan fingerprint density at radius 1 is 0.846 bits per heavy atom. The van der Waals surface area contributed by atoms with Crippen LogP contribution in [0.25, 0.3) is 22.3 Å². The zero-order chi connectivity index (χ0) is 18.6. The highest BCUT2D eigenvalue weighted by Gasteiger charge is 2.19. The van der Waals surface area contributed by atoms with Crippen LogP contribution in [0.4, 0.5) is 0 Å². The summed E-state index contributed by atoms with van der Waals surface area (Å²) in [5.74, 6) is 0. The first-order valence-corrected chi connectivity index (χ1v) is 9.64. The monoisotopic (exact) mass is 359 g/mol. The maximum atomic E-state index is 12.7. The van der Waals surface area contributed by atoms with E-state index >= 15 is 0 Å². The van der Waals surface area contributed by atoms with Crippen molar-refractivity contribution in [1.82, 2.24) is 0 Å². The van der Waals surface area contributed by atoms with Gasteiger partial charge in [0.2, 0.25) is 9.84 Å². The molecule has 0 fully saturated rings. The van der Waals surface area contributed by atoms with E-state index < -0.39 is 9.84 Å². The molecule has 0 spiro atoms. The van der Waals surface area contributed by atoms with Crippen molar-refractivity contribution in [2.45, 2.75) is 11.8 Å². The van der Waals surface area contributed by atoms with E-state index in [1.165, 1.54) is 0 Å². The van der Waals surface area contributed by atoms with Gasteiger partial charge in [-0.3, -0.25) is 0 Å². The van der Waals surface area contributed by atoms with Crippen LogP contribution >= 0.6 is 0 Å². The van der Waals surface area contributed by atoms with Crippen LogP contribution in [0.15, 0.2) is 89.2 Å². The molecule has 0 amide bonds. The molecule has 3 nitrogen and oxygen atoms in total. The minimum absolute atomic E-state index is 0.189. The molecule has 0 heterocycles. The number of aryl methyl sites for hydroxylation is 1. The average molecular weight is 359 g/mol. The molecule has 0 aliphatic rings. The van der Waals surface area contributed by atoms with Gasteiger partial charge >= 0.3 is 0 Å². The van der Waals surface area contributed by atoms with Gasteiger partial charge in [0.15, 0.2) is 0 Å². The van der Waals surface area contributed by atoms with Crippen molar-refractivity contribution in [3.63, 3.8) is 0 Å². The number of hydrogen-bond donors (Lipinski definition) is 0. The van der Waals surface area contributed by atoms with Crippen molar-refractivity contribution < 1.29 is 8.42 Å². The van der Waals surface area contributed by atoms with E-state index in [4.69, 9.17) is 5.26 Å². The molecule has 0 aromatic heterocycles. The molecular formula is C22H17NO2S. The summed E-state index contributed by atoms with van der Waals surface area (Å²) in [6.45, 7) is 1.98. The highest BCUT2D eigenvalue weighted by atomic mass is 32.2. The van der Waals surface area contributed by atoms with Crippen LogP contribution in [0, 0.1) is 18.3 Å². The Kier molecular flexibility index (Phi) is 5.01. The fourth-order valence-corrected chi connectivity index (χ4v) is 4.02. The third kappa shape index (κ3) is 3.58. The molecular weight excluding hydrogens is 342 g/mol. The highest BCUT2D eigenvalue weighted by Crippen LogP contribution is 2.36. The van der Waals surface area contributed by atoms with Crippen LogP contribution in [0.5, 0.6) is 0 Å². The molecule has 128 valence electrons. The van der Waals surface area contributed by atoms with E-state index in [9.17, 15) is 8.42 Å². The van der Waals surface area contributed by atoms with Gasteiger partial charge in [-0.05, 0) is 29.7 Å². The van der Waals surface area contributed by atoms with Gasteiger partial charge in [0.05, 0.1) is 11.0 Å². The minimum Gasteiger partial charge on any atom is -0.219 e. The van der Waals surface area contributed by atoms with Gasteiger partial charge in [-0.2, -0.15) is 5.26 Å². The summed E-state index contributed by atoms with van der Waals surface area (Å²) in [5, 5.41) is 9.64. The van der Waals surface area contributed by atoms with Gasteiger partial charge < -0.3 is 0 Å². The van der Waals surface area contributed by atoms with Gasteiger partial charge in [-0.15, -0.1) is 0 Å². The van der Waals surface area contributed by atoms with Crippen LogP contribution in [0.3, 0.4) is 0 Å². The first-order chi connectivity index (χ1) is 12.5. The molecule has 0 saturated heterocycles. The van der Waals surface area contributed by atoms with Crippen LogP contribution in [0.1, 0.15) is 5.56 Å². The maximum Gasteiger partial charge on any atom is 0.201 e. The number of rotatable bonds is 4. The summed E-state index contributed by atoms with van der Waals surface area (Å²) in [6.07, 6.45) is 0.987. The Bertz CT molecular complexity index is 1110. The van der Waals surface area contributed by atoms with Gasteiger partial charge in [0.25, 0.3) is 0 Å². The molecule has 0 bridgehead atoms. The normalized spacial score (nSPS) is 11.4. The predicted molar refractivity (Wildman–Crippen MR) is 104 cm³/mol. The van der Waals surface area contributed by atoms with E-state index in [1.807, 2.05) is 61.5 Å². The lowest BCUT2D eigenvalue weighted by Gasteiger charge is -2.14. The quantitative estimate of drug-likeness (QED) is 0.606. The molecule has 0 aliphatic heterocycles. The summed E-state index contributed by atoms with van der Waals surface area (Å²) in [5.41, 5.74) is 4.49. The van der Waals surface area contributed by atoms with Gasteiger partial charge in [-0.1, -0.05) is 72.3 Å². The first-order valence-electron chi connectivity index (χ1n) is 8.09. The smallest absolute Gasteiger partial charge is 0.201 e. The van der Waals surface area contributed by atoms with Gasteiger partial charge in [-0.25, -0.2) is 8.42 Å². The second kappa shape index (κ2) is 7.38. The Hall–Kier alpha value is -3.16. The van der Waals surface area contributed by atoms with Crippen molar-refractivity contribution in [1.29, 1.82) is 5.26 Å².